The average molecular weight is 382 g/mol. The molecule has 4 rings (SSSR count). The standard InChI is InChI=1S/C22H20F2N2O2/c1-13-8-10-26(11-9-13)20-19(25-14-6-7-17(23)18(24)12-14)21(27)15-4-2-3-5-16(15)22(20)28/h2-7,12-13,25H,8-11H2,1H3. The number of halogens is 2. The minimum Gasteiger partial charge on any atom is -0.367 e. The second kappa shape index (κ2) is 7.19. The number of likely N-dealkylation sites (tertiary alicyclic amines) is 1. The minimum absolute atomic E-state index is 0.115. The molecule has 1 aliphatic heterocycles. The third-order valence-corrected chi connectivity index (χ3v) is 5.38. The Labute approximate surface area is 161 Å². The van der Waals surface area contributed by atoms with Gasteiger partial charge in [-0.25, -0.2) is 8.78 Å². The fourth-order valence-electron chi connectivity index (χ4n) is 3.73. The van der Waals surface area contributed by atoms with Gasteiger partial charge in [-0.2, -0.15) is 0 Å². The first kappa shape index (κ1) is 18.3. The van der Waals surface area contributed by atoms with Crippen molar-refractivity contribution in [3.63, 3.8) is 0 Å². The average Bonchev–Trinajstić information content (AvgIpc) is 2.70. The number of carbonyl (C=O) groups is 2. The smallest absolute Gasteiger partial charge is 0.212 e. The van der Waals surface area contributed by atoms with E-state index in [1.807, 2.05) is 4.90 Å². The molecule has 0 amide bonds. The second-order valence-electron chi connectivity index (χ2n) is 7.35. The van der Waals surface area contributed by atoms with Crippen molar-refractivity contribution in [1.29, 1.82) is 0 Å². The lowest BCUT2D eigenvalue weighted by atomic mass is 9.88. The molecule has 0 bridgehead atoms. The van der Waals surface area contributed by atoms with Crippen LogP contribution in [0.25, 0.3) is 0 Å². The first-order valence-electron chi connectivity index (χ1n) is 9.35. The molecule has 1 N–H and O–H groups in total. The van der Waals surface area contributed by atoms with E-state index >= 15 is 0 Å². The molecule has 1 saturated heterocycles. The zero-order valence-electron chi connectivity index (χ0n) is 15.5. The van der Waals surface area contributed by atoms with Gasteiger partial charge >= 0.3 is 0 Å². The van der Waals surface area contributed by atoms with E-state index in [-0.39, 0.29) is 23.0 Å². The summed E-state index contributed by atoms with van der Waals surface area (Å²) in [7, 11) is 0. The van der Waals surface area contributed by atoms with Crippen molar-refractivity contribution in [2.75, 3.05) is 18.4 Å². The number of ketones is 2. The van der Waals surface area contributed by atoms with Gasteiger partial charge in [-0.1, -0.05) is 31.2 Å². The van der Waals surface area contributed by atoms with E-state index in [0.29, 0.717) is 35.8 Å². The summed E-state index contributed by atoms with van der Waals surface area (Å²) in [4.78, 5) is 28.3. The summed E-state index contributed by atoms with van der Waals surface area (Å²) in [5.41, 5.74) is 1.32. The maximum absolute atomic E-state index is 13.6. The Morgan fingerprint density at radius 2 is 1.57 bits per heavy atom. The van der Waals surface area contributed by atoms with Gasteiger partial charge in [0.2, 0.25) is 11.6 Å². The maximum Gasteiger partial charge on any atom is 0.212 e. The van der Waals surface area contributed by atoms with Crippen LogP contribution in [0.1, 0.15) is 40.5 Å². The molecule has 4 nitrogen and oxygen atoms in total. The van der Waals surface area contributed by atoms with Crippen molar-refractivity contribution in [3.05, 3.63) is 76.6 Å². The van der Waals surface area contributed by atoms with Crippen molar-refractivity contribution in [2.24, 2.45) is 5.92 Å². The van der Waals surface area contributed by atoms with E-state index < -0.39 is 11.6 Å². The highest BCUT2D eigenvalue weighted by Crippen LogP contribution is 2.32. The summed E-state index contributed by atoms with van der Waals surface area (Å²) in [6.45, 7) is 3.50. The molecule has 0 atom stereocenters. The SMILES string of the molecule is CC1CCN(C2=C(Nc3ccc(F)c(F)c3)C(=O)c3ccccc3C2=O)CC1. The highest BCUT2D eigenvalue weighted by molar-refractivity contribution is 6.27. The summed E-state index contributed by atoms with van der Waals surface area (Å²) < 4.78 is 26.9. The van der Waals surface area contributed by atoms with Crippen LogP contribution in [0.15, 0.2) is 53.9 Å². The number of hydrogen-bond donors (Lipinski definition) is 1. The lowest BCUT2D eigenvalue weighted by molar-refractivity contribution is 0.0928. The van der Waals surface area contributed by atoms with Crippen molar-refractivity contribution >= 4 is 17.3 Å². The third-order valence-electron chi connectivity index (χ3n) is 5.38. The molecule has 0 unspecified atom stereocenters. The molecule has 0 aromatic heterocycles. The molecule has 0 saturated carbocycles. The van der Waals surface area contributed by atoms with Crippen molar-refractivity contribution in [3.8, 4) is 0 Å². The lowest BCUT2D eigenvalue weighted by Crippen LogP contribution is -2.40. The molecule has 1 heterocycles. The Morgan fingerprint density at radius 3 is 2.21 bits per heavy atom. The summed E-state index contributed by atoms with van der Waals surface area (Å²) in [5, 5.41) is 2.89. The van der Waals surface area contributed by atoms with Crippen LogP contribution in [0.4, 0.5) is 14.5 Å². The number of allylic oxidation sites excluding steroid dienone is 2. The summed E-state index contributed by atoms with van der Waals surface area (Å²) in [5.74, 6) is -1.99. The van der Waals surface area contributed by atoms with Crippen molar-refractivity contribution in [2.45, 2.75) is 19.8 Å². The maximum atomic E-state index is 13.6. The fourth-order valence-corrected chi connectivity index (χ4v) is 3.73. The van der Waals surface area contributed by atoms with E-state index in [0.717, 1.165) is 25.0 Å². The van der Waals surface area contributed by atoms with Gasteiger partial charge in [0.05, 0.1) is 0 Å². The molecular formula is C22H20F2N2O2. The van der Waals surface area contributed by atoms with Gasteiger partial charge in [0, 0.05) is 36.0 Å². The Morgan fingerprint density at radius 1 is 0.929 bits per heavy atom. The number of fused-ring (bicyclic) bond motifs is 1. The zero-order chi connectivity index (χ0) is 19.8. The Hall–Kier alpha value is -3.02. The fraction of sp³-hybridized carbons (Fsp3) is 0.273. The van der Waals surface area contributed by atoms with Gasteiger partial charge in [-0.05, 0) is 30.9 Å². The molecule has 0 radical (unpaired) electrons. The third kappa shape index (κ3) is 3.19. The summed E-state index contributed by atoms with van der Waals surface area (Å²) >= 11 is 0. The number of Topliss-reactive ketones (excluding diaryl/α,β-unsaturated/α-hetero) is 2. The predicted octanol–water partition coefficient (Wildman–Crippen LogP) is 4.40. The molecule has 2 aliphatic rings. The quantitative estimate of drug-likeness (QED) is 0.855. The summed E-state index contributed by atoms with van der Waals surface area (Å²) in [6.07, 6.45) is 1.84. The Bertz CT molecular complexity index is 992. The van der Waals surface area contributed by atoms with Crippen LogP contribution in [-0.4, -0.2) is 29.6 Å². The van der Waals surface area contributed by atoms with Gasteiger partial charge in [0.25, 0.3) is 0 Å². The highest BCUT2D eigenvalue weighted by Gasteiger charge is 2.36. The van der Waals surface area contributed by atoms with Crippen LogP contribution < -0.4 is 5.32 Å². The first-order valence-corrected chi connectivity index (χ1v) is 9.35. The lowest BCUT2D eigenvalue weighted by Gasteiger charge is -2.36. The van der Waals surface area contributed by atoms with Crippen LogP contribution >= 0.6 is 0 Å². The van der Waals surface area contributed by atoms with Crippen LogP contribution in [0, 0.1) is 17.6 Å². The number of nitrogens with zero attached hydrogens (tertiary/aromatic N) is 1. The van der Waals surface area contributed by atoms with Gasteiger partial charge < -0.3 is 10.2 Å². The van der Waals surface area contributed by atoms with E-state index in [1.54, 1.807) is 24.3 Å². The van der Waals surface area contributed by atoms with Gasteiger partial charge in [0.1, 0.15) is 11.4 Å². The number of anilines is 1. The van der Waals surface area contributed by atoms with Gasteiger partial charge in [-0.15, -0.1) is 0 Å². The molecule has 0 spiro atoms. The largest absolute Gasteiger partial charge is 0.367 e. The highest BCUT2D eigenvalue weighted by atomic mass is 19.2. The first-order chi connectivity index (χ1) is 13.5. The van der Waals surface area contributed by atoms with E-state index in [1.165, 1.54) is 6.07 Å². The van der Waals surface area contributed by atoms with Crippen LogP contribution in [-0.2, 0) is 0 Å². The van der Waals surface area contributed by atoms with E-state index in [9.17, 15) is 18.4 Å². The number of carbonyl (C=O) groups excluding carboxylic acids is 2. The Balaban J connectivity index is 1.80. The minimum atomic E-state index is -1.02. The molecule has 2 aromatic rings. The molecule has 144 valence electrons. The topological polar surface area (TPSA) is 49.4 Å². The van der Waals surface area contributed by atoms with E-state index in [4.69, 9.17) is 0 Å². The van der Waals surface area contributed by atoms with Crippen molar-refractivity contribution in [1.82, 2.24) is 4.90 Å². The molecule has 6 heteroatoms. The monoisotopic (exact) mass is 382 g/mol. The van der Waals surface area contributed by atoms with E-state index in [2.05, 4.69) is 12.2 Å². The molecule has 2 aromatic carbocycles. The van der Waals surface area contributed by atoms with Crippen LogP contribution in [0.2, 0.25) is 0 Å². The normalized spacial score (nSPS) is 17.8. The molecule has 28 heavy (non-hydrogen) atoms. The predicted molar refractivity (Wildman–Crippen MR) is 102 cm³/mol. The number of nitrogens with one attached hydrogen (secondary N) is 1. The van der Waals surface area contributed by atoms with Gasteiger partial charge in [0.15, 0.2) is 11.6 Å². The zero-order valence-corrected chi connectivity index (χ0v) is 15.5. The Kier molecular flexibility index (Phi) is 4.71. The van der Waals surface area contributed by atoms with Crippen LogP contribution in [0.5, 0.6) is 0 Å². The van der Waals surface area contributed by atoms with Crippen molar-refractivity contribution < 1.29 is 18.4 Å². The molecule has 1 aliphatic carbocycles. The molecule has 1 fully saturated rings. The summed E-state index contributed by atoms with van der Waals surface area (Å²) in [6, 6.07) is 10.0. The number of piperidine rings is 1. The molecular weight excluding hydrogens is 362 g/mol. The number of benzene rings is 2. The van der Waals surface area contributed by atoms with Gasteiger partial charge in [-0.3, -0.25) is 9.59 Å². The number of hydrogen-bond acceptors (Lipinski definition) is 4. The van der Waals surface area contributed by atoms with Crippen LogP contribution in [0.3, 0.4) is 0 Å². The second-order valence-corrected chi connectivity index (χ2v) is 7.35. The number of rotatable bonds is 3.